The predicted octanol–water partition coefficient (Wildman–Crippen LogP) is 0.0669. The molecular weight excluding hydrogens is 324 g/mol. The standard InChI is InChI=1S/C16H20N6O3/c1-16(2,18)12(14(24)22-25)21-13(23)10-5-3-9(4-6-10)11-7-19-15(17)20-8-11/h3-8,12,25H,18H2,1-2H3,(H,21,23)(H,22,24)(H2,17,19,20). The molecule has 0 aliphatic carbocycles. The Morgan fingerprint density at radius 3 is 2.16 bits per heavy atom. The monoisotopic (exact) mass is 344 g/mol. The molecule has 0 radical (unpaired) electrons. The molecule has 1 aromatic carbocycles. The molecule has 0 saturated carbocycles. The maximum atomic E-state index is 12.3. The first kappa shape index (κ1) is 18.3. The molecule has 0 aliphatic heterocycles. The number of benzene rings is 1. The lowest BCUT2D eigenvalue weighted by Crippen LogP contribution is -2.61. The number of nitrogens with zero attached hydrogens (tertiary/aromatic N) is 2. The van der Waals surface area contributed by atoms with Gasteiger partial charge < -0.3 is 16.8 Å². The molecule has 1 unspecified atom stereocenters. The van der Waals surface area contributed by atoms with E-state index in [4.69, 9.17) is 16.7 Å². The number of anilines is 1. The van der Waals surface area contributed by atoms with Crippen LogP contribution in [-0.2, 0) is 4.79 Å². The Morgan fingerprint density at radius 2 is 1.68 bits per heavy atom. The Balaban J connectivity index is 2.17. The first-order valence-corrected chi connectivity index (χ1v) is 7.44. The summed E-state index contributed by atoms with van der Waals surface area (Å²) in [4.78, 5) is 31.9. The fourth-order valence-electron chi connectivity index (χ4n) is 2.17. The van der Waals surface area contributed by atoms with Crippen molar-refractivity contribution in [3.8, 4) is 11.1 Å². The van der Waals surface area contributed by atoms with E-state index in [-0.39, 0.29) is 5.95 Å². The molecule has 9 heteroatoms. The molecule has 1 atom stereocenters. The molecule has 0 bridgehead atoms. The van der Waals surface area contributed by atoms with E-state index >= 15 is 0 Å². The van der Waals surface area contributed by atoms with Gasteiger partial charge in [0.05, 0.1) is 0 Å². The van der Waals surface area contributed by atoms with Crippen LogP contribution >= 0.6 is 0 Å². The second-order valence-electron chi connectivity index (χ2n) is 6.11. The van der Waals surface area contributed by atoms with Gasteiger partial charge in [-0.3, -0.25) is 14.8 Å². The van der Waals surface area contributed by atoms with E-state index in [0.717, 1.165) is 11.1 Å². The van der Waals surface area contributed by atoms with E-state index < -0.39 is 23.4 Å². The molecule has 0 saturated heterocycles. The highest BCUT2D eigenvalue weighted by molar-refractivity contribution is 5.98. The summed E-state index contributed by atoms with van der Waals surface area (Å²) >= 11 is 0. The smallest absolute Gasteiger partial charge is 0.267 e. The van der Waals surface area contributed by atoms with Crippen LogP contribution in [-0.4, -0.2) is 38.6 Å². The minimum Gasteiger partial charge on any atom is -0.368 e. The zero-order chi connectivity index (χ0) is 18.6. The van der Waals surface area contributed by atoms with Crippen LogP contribution in [0.3, 0.4) is 0 Å². The molecular formula is C16H20N6O3. The summed E-state index contributed by atoms with van der Waals surface area (Å²) < 4.78 is 0. The van der Waals surface area contributed by atoms with Crippen molar-refractivity contribution in [1.82, 2.24) is 20.8 Å². The molecule has 7 N–H and O–H groups in total. The van der Waals surface area contributed by atoms with Gasteiger partial charge >= 0.3 is 0 Å². The highest BCUT2D eigenvalue weighted by Crippen LogP contribution is 2.18. The van der Waals surface area contributed by atoms with Gasteiger partial charge in [-0.25, -0.2) is 15.4 Å². The number of carbonyl (C=O) groups excluding carboxylic acids is 2. The van der Waals surface area contributed by atoms with E-state index in [1.165, 1.54) is 5.48 Å². The molecule has 2 amide bonds. The van der Waals surface area contributed by atoms with Crippen LogP contribution < -0.4 is 22.3 Å². The average molecular weight is 344 g/mol. The van der Waals surface area contributed by atoms with Crippen LogP contribution in [0.25, 0.3) is 11.1 Å². The number of aromatic nitrogens is 2. The highest BCUT2D eigenvalue weighted by Gasteiger charge is 2.33. The number of carbonyl (C=O) groups is 2. The van der Waals surface area contributed by atoms with Crippen LogP contribution in [0.15, 0.2) is 36.7 Å². The lowest BCUT2D eigenvalue weighted by molar-refractivity contribution is -0.132. The molecule has 1 aromatic heterocycles. The largest absolute Gasteiger partial charge is 0.368 e. The number of nitrogens with two attached hydrogens (primary N) is 2. The number of amides is 2. The third kappa shape index (κ3) is 4.49. The molecule has 2 rings (SSSR count). The first-order chi connectivity index (χ1) is 11.7. The van der Waals surface area contributed by atoms with E-state index in [1.54, 1.807) is 50.5 Å². The van der Waals surface area contributed by atoms with Crippen LogP contribution in [0.2, 0.25) is 0 Å². The summed E-state index contributed by atoms with van der Waals surface area (Å²) in [6.45, 7) is 3.13. The Labute approximate surface area is 144 Å². The molecule has 1 heterocycles. The van der Waals surface area contributed by atoms with E-state index in [0.29, 0.717) is 5.56 Å². The van der Waals surface area contributed by atoms with Gasteiger partial charge in [-0.15, -0.1) is 0 Å². The van der Waals surface area contributed by atoms with Gasteiger partial charge in [-0.05, 0) is 31.5 Å². The topological polar surface area (TPSA) is 156 Å². The van der Waals surface area contributed by atoms with Crippen molar-refractivity contribution >= 4 is 17.8 Å². The quantitative estimate of drug-likeness (QED) is 0.379. The third-order valence-electron chi connectivity index (χ3n) is 3.54. The minimum absolute atomic E-state index is 0.178. The summed E-state index contributed by atoms with van der Waals surface area (Å²) in [6, 6.07) is 5.53. The van der Waals surface area contributed by atoms with Crippen molar-refractivity contribution in [2.24, 2.45) is 5.73 Å². The van der Waals surface area contributed by atoms with E-state index in [2.05, 4.69) is 15.3 Å². The molecule has 132 valence electrons. The maximum Gasteiger partial charge on any atom is 0.267 e. The zero-order valence-electron chi connectivity index (χ0n) is 13.9. The lowest BCUT2D eigenvalue weighted by Gasteiger charge is -2.29. The van der Waals surface area contributed by atoms with Crippen molar-refractivity contribution < 1.29 is 14.8 Å². The van der Waals surface area contributed by atoms with Crippen LogP contribution in [0.5, 0.6) is 0 Å². The fourth-order valence-corrected chi connectivity index (χ4v) is 2.17. The summed E-state index contributed by atoms with van der Waals surface area (Å²) in [7, 11) is 0. The molecule has 2 aromatic rings. The molecule has 0 aliphatic rings. The predicted molar refractivity (Wildman–Crippen MR) is 91.3 cm³/mol. The summed E-state index contributed by atoms with van der Waals surface area (Å²) in [5.74, 6) is -1.11. The normalized spacial score (nSPS) is 12.3. The van der Waals surface area contributed by atoms with Gasteiger partial charge in [0, 0.05) is 29.1 Å². The first-order valence-electron chi connectivity index (χ1n) is 7.44. The summed E-state index contributed by atoms with van der Waals surface area (Å²) in [5.41, 5.74) is 13.7. The zero-order valence-corrected chi connectivity index (χ0v) is 13.9. The van der Waals surface area contributed by atoms with Crippen LogP contribution in [0.4, 0.5) is 5.95 Å². The Kier molecular flexibility index (Phi) is 5.30. The number of hydrogen-bond acceptors (Lipinski definition) is 7. The Morgan fingerprint density at radius 1 is 1.12 bits per heavy atom. The number of hydroxylamine groups is 1. The Bertz CT molecular complexity index is 753. The fraction of sp³-hybridized carbons (Fsp3) is 0.250. The van der Waals surface area contributed by atoms with Crippen molar-refractivity contribution in [3.63, 3.8) is 0 Å². The minimum atomic E-state index is -1.10. The van der Waals surface area contributed by atoms with Gasteiger partial charge in [0.25, 0.3) is 11.8 Å². The third-order valence-corrected chi connectivity index (χ3v) is 3.54. The second kappa shape index (κ2) is 7.24. The number of nitrogens with one attached hydrogen (secondary N) is 2. The maximum absolute atomic E-state index is 12.3. The van der Waals surface area contributed by atoms with Crippen molar-refractivity contribution in [3.05, 3.63) is 42.2 Å². The van der Waals surface area contributed by atoms with Gasteiger partial charge in [0.15, 0.2) is 0 Å². The number of nitrogen functional groups attached to an aromatic ring is 1. The summed E-state index contributed by atoms with van der Waals surface area (Å²) in [6.07, 6.45) is 3.16. The second-order valence-corrected chi connectivity index (χ2v) is 6.11. The van der Waals surface area contributed by atoms with Crippen LogP contribution in [0.1, 0.15) is 24.2 Å². The van der Waals surface area contributed by atoms with Gasteiger partial charge in [-0.2, -0.15) is 0 Å². The average Bonchev–Trinajstić information content (AvgIpc) is 2.58. The van der Waals surface area contributed by atoms with Gasteiger partial charge in [0.1, 0.15) is 6.04 Å². The van der Waals surface area contributed by atoms with Crippen molar-refractivity contribution in [1.29, 1.82) is 0 Å². The lowest BCUT2D eigenvalue weighted by atomic mass is 9.95. The summed E-state index contributed by atoms with van der Waals surface area (Å²) in [5, 5.41) is 11.3. The van der Waals surface area contributed by atoms with E-state index in [9.17, 15) is 9.59 Å². The SMILES string of the molecule is CC(C)(N)C(NC(=O)c1ccc(-c2cnc(N)nc2)cc1)C(=O)NO. The molecule has 9 nitrogen and oxygen atoms in total. The molecule has 25 heavy (non-hydrogen) atoms. The number of hydrogen-bond donors (Lipinski definition) is 5. The van der Waals surface area contributed by atoms with E-state index in [1.807, 2.05) is 0 Å². The van der Waals surface area contributed by atoms with Gasteiger partial charge in [0.2, 0.25) is 5.95 Å². The van der Waals surface area contributed by atoms with Crippen LogP contribution in [0, 0.1) is 0 Å². The van der Waals surface area contributed by atoms with Crippen molar-refractivity contribution in [2.75, 3.05) is 5.73 Å². The van der Waals surface area contributed by atoms with Crippen molar-refractivity contribution in [2.45, 2.75) is 25.4 Å². The highest BCUT2D eigenvalue weighted by atomic mass is 16.5. The molecule has 0 spiro atoms. The Hall–Kier alpha value is -3.04. The number of rotatable bonds is 5. The molecule has 0 fully saturated rings. The van der Waals surface area contributed by atoms with Gasteiger partial charge in [-0.1, -0.05) is 12.1 Å².